The summed E-state index contributed by atoms with van der Waals surface area (Å²) in [4.78, 5) is 8.73. The second kappa shape index (κ2) is 3.53. The average molecular weight is 246 g/mol. The third-order valence-electron chi connectivity index (χ3n) is 2.72. The second-order valence-corrected chi connectivity index (χ2v) is 4.20. The Morgan fingerprint density at radius 1 is 1.35 bits per heavy atom. The van der Waals surface area contributed by atoms with Crippen LogP contribution in [-0.4, -0.2) is 19.6 Å². The largest absolute Gasteiger partial charge is 0.461 e. The molecule has 0 radical (unpaired) electrons. The van der Waals surface area contributed by atoms with Crippen molar-refractivity contribution in [2.24, 2.45) is 0 Å². The summed E-state index contributed by atoms with van der Waals surface area (Å²) >= 11 is 5.35. The molecule has 3 heterocycles. The van der Waals surface area contributed by atoms with E-state index in [0.717, 1.165) is 11.3 Å². The van der Waals surface area contributed by atoms with Crippen LogP contribution in [0.15, 0.2) is 22.8 Å². The molecule has 0 fully saturated rings. The van der Waals surface area contributed by atoms with Crippen molar-refractivity contribution in [3.8, 4) is 11.6 Å². The molecule has 0 amide bonds. The molecule has 86 valence electrons. The van der Waals surface area contributed by atoms with Crippen LogP contribution in [0.2, 0.25) is 0 Å². The molecule has 0 aliphatic heterocycles. The van der Waals surface area contributed by atoms with Gasteiger partial charge in [0.25, 0.3) is 5.78 Å². The third kappa shape index (κ3) is 1.49. The Balaban J connectivity index is 2.34. The number of fused-ring (bicyclic) bond motifs is 1. The lowest BCUT2D eigenvalue weighted by atomic mass is 10.3. The topological polar surface area (TPSA) is 59.1 Å². The molecule has 3 aromatic rings. The lowest BCUT2D eigenvalue weighted by Crippen LogP contribution is -1.98. The summed E-state index contributed by atoms with van der Waals surface area (Å²) in [5.74, 6) is 1.85. The van der Waals surface area contributed by atoms with E-state index in [4.69, 9.17) is 16.6 Å². The smallest absolute Gasteiger partial charge is 0.252 e. The molecule has 5 nitrogen and oxygen atoms in total. The molecule has 0 spiro atoms. The highest BCUT2D eigenvalue weighted by atomic mass is 32.1. The summed E-state index contributed by atoms with van der Waals surface area (Å²) in [5, 5.41) is 3.08. The van der Waals surface area contributed by atoms with Gasteiger partial charge in [-0.2, -0.15) is 4.98 Å². The Morgan fingerprint density at radius 2 is 2.18 bits per heavy atom. The zero-order valence-corrected chi connectivity index (χ0v) is 10.2. The lowest BCUT2D eigenvalue weighted by Gasteiger charge is -1.99. The van der Waals surface area contributed by atoms with Crippen LogP contribution in [0.4, 0.5) is 0 Å². The Bertz CT molecular complexity index is 739. The summed E-state index contributed by atoms with van der Waals surface area (Å²) in [6.07, 6.45) is 1.60. The molecule has 3 rings (SSSR count). The number of H-pyrrole nitrogens is 1. The van der Waals surface area contributed by atoms with Crippen LogP contribution in [-0.2, 0) is 0 Å². The Hall–Kier alpha value is -1.95. The van der Waals surface area contributed by atoms with Crippen LogP contribution < -0.4 is 0 Å². The number of furan rings is 1. The molecule has 0 aliphatic carbocycles. The van der Waals surface area contributed by atoms with Crippen molar-refractivity contribution >= 4 is 18.0 Å². The maximum Gasteiger partial charge on any atom is 0.252 e. The van der Waals surface area contributed by atoms with Gasteiger partial charge in [-0.05, 0) is 26.0 Å². The van der Waals surface area contributed by atoms with Crippen molar-refractivity contribution in [2.75, 3.05) is 0 Å². The fraction of sp³-hybridized carbons (Fsp3) is 0.182. The molecule has 3 aromatic heterocycles. The van der Waals surface area contributed by atoms with Crippen LogP contribution >= 0.6 is 12.2 Å². The van der Waals surface area contributed by atoms with Crippen molar-refractivity contribution in [3.63, 3.8) is 0 Å². The van der Waals surface area contributed by atoms with Gasteiger partial charge < -0.3 is 4.42 Å². The van der Waals surface area contributed by atoms with Gasteiger partial charge in [-0.25, -0.2) is 9.50 Å². The molecule has 0 atom stereocenters. The predicted octanol–water partition coefficient (Wildman–Crippen LogP) is 2.66. The lowest BCUT2D eigenvalue weighted by molar-refractivity contribution is 0.577. The van der Waals surface area contributed by atoms with Gasteiger partial charge in [-0.1, -0.05) is 12.2 Å². The summed E-state index contributed by atoms with van der Waals surface area (Å²) in [7, 11) is 0. The highest BCUT2D eigenvalue weighted by molar-refractivity contribution is 7.71. The van der Waals surface area contributed by atoms with Gasteiger partial charge in [0.2, 0.25) is 0 Å². The van der Waals surface area contributed by atoms with E-state index in [1.165, 1.54) is 0 Å². The summed E-state index contributed by atoms with van der Waals surface area (Å²) in [5.41, 5.74) is 1.87. The van der Waals surface area contributed by atoms with Crippen molar-refractivity contribution in [1.29, 1.82) is 0 Å². The molecule has 0 aliphatic rings. The fourth-order valence-electron chi connectivity index (χ4n) is 1.63. The van der Waals surface area contributed by atoms with E-state index in [0.29, 0.717) is 22.0 Å². The maximum atomic E-state index is 5.35. The van der Waals surface area contributed by atoms with Gasteiger partial charge >= 0.3 is 0 Å². The second-order valence-electron chi connectivity index (χ2n) is 3.81. The number of nitrogens with zero attached hydrogens (tertiary/aromatic N) is 3. The van der Waals surface area contributed by atoms with Crippen LogP contribution in [0.1, 0.15) is 11.3 Å². The Morgan fingerprint density at radius 3 is 2.88 bits per heavy atom. The molecule has 17 heavy (non-hydrogen) atoms. The summed E-state index contributed by atoms with van der Waals surface area (Å²) in [6, 6.07) is 3.65. The van der Waals surface area contributed by atoms with Crippen molar-refractivity contribution in [3.05, 3.63) is 34.3 Å². The van der Waals surface area contributed by atoms with Gasteiger partial charge in [0, 0.05) is 11.3 Å². The van der Waals surface area contributed by atoms with Gasteiger partial charge in [-0.15, -0.1) is 0 Å². The van der Waals surface area contributed by atoms with E-state index in [1.54, 1.807) is 10.8 Å². The van der Waals surface area contributed by atoms with Crippen LogP contribution in [0.25, 0.3) is 17.4 Å². The molecule has 0 saturated heterocycles. The number of hydrogen-bond donors (Lipinski definition) is 1. The quantitative estimate of drug-likeness (QED) is 0.671. The number of nitrogens with one attached hydrogen (secondary N) is 1. The summed E-state index contributed by atoms with van der Waals surface area (Å²) < 4.78 is 7.66. The van der Waals surface area contributed by atoms with Crippen LogP contribution in [0.3, 0.4) is 0 Å². The van der Waals surface area contributed by atoms with E-state index in [2.05, 4.69) is 15.1 Å². The minimum absolute atomic E-state index is 0.560. The first-order valence-corrected chi connectivity index (χ1v) is 5.57. The Kier molecular flexibility index (Phi) is 2.12. The SMILES string of the molecule is Cc1nc2nc(-c3ccco3)[nH]n2c(=S)c1C. The van der Waals surface area contributed by atoms with Crippen LogP contribution in [0.5, 0.6) is 0 Å². The van der Waals surface area contributed by atoms with Crippen LogP contribution in [0, 0.1) is 18.5 Å². The third-order valence-corrected chi connectivity index (χ3v) is 3.21. The van der Waals surface area contributed by atoms with Gasteiger partial charge in [-0.3, -0.25) is 5.10 Å². The average Bonchev–Trinajstić information content (AvgIpc) is 2.93. The molecule has 0 unspecified atom stereocenters. The van der Waals surface area contributed by atoms with E-state index in [1.807, 2.05) is 26.0 Å². The standard InChI is InChI=1S/C11H10N4OS/c1-6-7(2)12-11-13-9(8-4-3-5-16-8)14-15(11)10(6)17/h3-5H,1-2H3,(H,12,13,14). The van der Waals surface area contributed by atoms with Gasteiger partial charge in [0.1, 0.15) is 4.64 Å². The molecular formula is C11H10N4OS. The van der Waals surface area contributed by atoms with E-state index >= 15 is 0 Å². The molecule has 0 aromatic carbocycles. The maximum absolute atomic E-state index is 5.35. The first-order chi connectivity index (χ1) is 8.16. The van der Waals surface area contributed by atoms with Crippen molar-refractivity contribution in [2.45, 2.75) is 13.8 Å². The van der Waals surface area contributed by atoms with E-state index in [9.17, 15) is 0 Å². The minimum atomic E-state index is 0.560. The normalized spacial score (nSPS) is 11.2. The van der Waals surface area contributed by atoms with Crippen molar-refractivity contribution in [1.82, 2.24) is 19.6 Å². The molecule has 0 saturated carbocycles. The summed E-state index contributed by atoms with van der Waals surface area (Å²) in [6.45, 7) is 3.87. The zero-order valence-electron chi connectivity index (χ0n) is 9.39. The first-order valence-electron chi connectivity index (χ1n) is 5.16. The van der Waals surface area contributed by atoms with Gasteiger partial charge in [0.15, 0.2) is 11.6 Å². The van der Waals surface area contributed by atoms with Crippen molar-refractivity contribution < 1.29 is 4.42 Å². The number of rotatable bonds is 1. The molecular weight excluding hydrogens is 236 g/mol. The van der Waals surface area contributed by atoms with E-state index in [-0.39, 0.29) is 0 Å². The van der Waals surface area contributed by atoms with E-state index < -0.39 is 0 Å². The number of aromatic nitrogens is 4. The monoisotopic (exact) mass is 246 g/mol. The number of hydrogen-bond acceptors (Lipinski definition) is 4. The number of aryl methyl sites for hydroxylation is 1. The minimum Gasteiger partial charge on any atom is -0.461 e. The molecule has 6 heteroatoms. The highest BCUT2D eigenvalue weighted by Gasteiger charge is 2.10. The Labute approximate surface area is 102 Å². The van der Waals surface area contributed by atoms with Gasteiger partial charge in [0.05, 0.1) is 6.26 Å². The fourth-order valence-corrected chi connectivity index (χ4v) is 1.90. The first kappa shape index (κ1) is 10.2. The molecule has 1 N–H and O–H groups in total. The zero-order chi connectivity index (χ0) is 12.0. The highest BCUT2D eigenvalue weighted by Crippen LogP contribution is 2.17. The predicted molar refractivity (Wildman–Crippen MR) is 65.3 cm³/mol. The number of aromatic amines is 1. The molecule has 0 bridgehead atoms.